The highest BCUT2D eigenvalue weighted by Gasteiger charge is 2.36. The Labute approximate surface area is 239 Å². The number of hydrogen-bond acceptors (Lipinski definition) is 6. The van der Waals surface area contributed by atoms with Gasteiger partial charge in [-0.05, 0) is 57.5 Å². The van der Waals surface area contributed by atoms with E-state index >= 15 is 0 Å². The number of anilines is 2. The minimum absolute atomic E-state index is 0.0828. The molecule has 1 atom stereocenters. The second-order valence-electron chi connectivity index (χ2n) is 9.40. The van der Waals surface area contributed by atoms with E-state index in [1.165, 1.54) is 11.8 Å². The third-order valence-corrected chi connectivity index (χ3v) is 7.47. The molecule has 0 saturated carbocycles. The molecule has 0 bridgehead atoms. The summed E-state index contributed by atoms with van der Waals surface area (Å²) < 4.78 is 5.91. The van der Waals surface area contributed by atoms with Crippen LogP contribution in [0.4, 0.5) is 11.4 Å². The SMILES string of the molecule is CCOc1ccccc1C1C(C#N)=C(SCC(=O)Nc2ccc(C)cc2C)NC(C)=C1C(=O)Nc1ccccc1. The molecular weight excluding hydrogens is 520 g/mol. The van der Waals surface area contributed by atoms with Crippen LogP contribution in [-0.4, -0.2) is 24.2 Å². The van der Waals surface area contributed by atoms with Crippen LogP contribution < -0.4 is 20.7 Å². The minimum Gasteiger partial charge on any atom is -0.494 e. The number of benzene rings is 3. The van der Waals surface area contributed by atoms with Crippen LogP contribution in [0.25, 0.3) is 0 Å². The highest BCUT2D eigenvalue weighted by molar-refractivity contribution is 8.03. The fraction of sp³-hybridized carbons (Fsp3) is 0.219. The van der Waals surface area contributed by atoms with Gasteiger partial charge < -0.3 is 20.7 Å². The summed E-state index contributed by atoms with van der Waals surface area (Å²) in [5.74, 6) is -0.526. The van der Waals surface area contributed by atoms with Crippen LogP contribution in [0.2, 0.25) is 0 Å². The minimum atomic E-state index is -0.692. The first-order valence-electron chi connectivity index (χ1n) is 13.0. The molecule has 1 heterocycles. The van der Waals surface area contributed by atoms with E-state index in [0.29, 0.717) is 45.5 Å². The molecule has 7 nitrogen and oxygen atoms in total. The van der Waals surface area contributed by atoms with Gasteiger partial charge in [-0.2, -0.15) is 5.26 Å². The lowest BCUT2D eigenvalue weighted by atomic mass is 9.81. The molecule has 0 aliphatic carbocycles. The predicted octanol–water partition coefficient (Wildman–Crippen LogP) is 6.41. The Balaban J connectivity index is 1.67. The average molecular weight is 553 g/mol. The molecule has 8 heteroatoms. The highest BCUT2D eigenvalue weighted by atomic mass is 32.2. The molecule has 0 fully saturated rings. The molecule has 0 radical (unpaired) electrons. The zero-order chi connectivity index (χ0) is 28.6. The molecule has 3 aromatic carbocycles. The maximum Gasteiger partial charge on any atom is 0.254 e. The van der Waals surface area contributed by atoms with Crippen LogP contribution in [0, 0.1) is 25.2 Å². The summed E-state index contributed by atoms with van der Waals surface area (Å²) in [4.78, 5) is 26.5. The summed E-state index contributed by atoms with van der Waals surface area (Å²) in [6.45, 7) is 8.08. The molecule has 0 aromatic heterocycles. The van der Waals surface area contributed by atoms with Crippen molar-refractivity contribution in [3.8, 4) is 11.8 Å². The van der Waals surface area contributed by atoms with Crippen molar-refractivity contribution in [3.63, 3.8) is 0 Å². The van der Waals surface area contributed by atoms with Crippen LogP contribution in [-0.2, 0) is 9.59 Å². The number of amides is 2. The van der Waals surface area contributed by atoms with Crippen molar-refractivity contribution in [1.29, 1.82) is 5.26 Å². The van der Waals surface area contributed by atoms with Crippen LogP contribution in [0.15, 0.2) is 94.7 Å². The second-order valence-corrected chi connectivity index (χ2v) is 10.4. The number of rotatable bonds is 9. The Kier molecular flexibility index (Phi) is 9.31. The largest absolute Gasteiger partial charge is 0.494 e. The number of ether oxygens (including phenoxy) is 1. The number of para-hydroxylation sites is 2. The van der Waals surface area contributed by atoms with Crippen LogP contribution >= 0.6 is 11.8 Å². The number of thioether (sulfide) groups is 1. The Morgan fingerprint density at radius 2 is 1.73 bits per heavy atom. The first-order valence-corrected chi connectivity index (χ1v) is 14.0. The molecule has 3 aromatic rings. The number of nitriles is 1. The van der Waals surface area contributed by atoms with E-state index in [1.807, 2.05) is 93.6 Å². The lowest BCUT2D eigenvalue weighted by Crippen LogP contribution is -2.31. The van der Waals surface area contributed by atoms with Crippen molar-refractivity contribution in [2.45, 2.75) is 33.6 Å². The molecule has 0 saturated heterocycles. The second kappa shape index (κ2) is 13.0. The first kappa shape index (κ1) is 28.5. The Bertz CT molecular complexity index is 1520. The lowest BCUT2D eigenvalue weighted by Gasteiger charge is -2.30. The van der Waals surface area contributed by atoms with Gasteiger partial charge in [0.1, 0.15) is 5.75 Å². The van der Waals surface area contributed by atoms with Crippen molar-refractivity contribution in [2.75, 3.05) is 23.0 Å². The number of aryl methyl sites for hydroxylation is 2. The number of nitrogens with zero attached hydrogens (tertiary/aromatic N) is 1. The topological polar surface area (TPSA) is 103 Å². The molecular formula is C32H32N4O3S. The molecule has 1 aliphatic rings. The molecule has 40 heavy (non-hydrogen) atoms. The van der Waals surface area contributed by atoms with Gasteiger partial charge in [0.05, 0.1) is 34.9 Å². The quantitative estimate of drug-likeness (QED) is 0.284. The Morgan fingerprint density at radius 3 is 2.42 bits per heavy atom. The van der Waals surface area contributed by atoms with Crippen molar-refractivity contribution >= 4 is 35.0 Å². The fourth-order valence-corrected chi connectivity index (χ4v) is 5.53. The lowest BCUT2D eigenvalue weighted by molar-refractivity contribution is -0.114. The van der Waals surface area contributed by atoms with Crippen LogP contribution in [0.3, 0.4) is 0 Å². The van der Waals surface area contributed by atoms with E-state index in [1.54, 1.807) is 6.92 Å². The number of hydrogen-bond donors (Lipinski definition) is 3. The summed E-state index contributed by atoms with van der Waals surface area (Å²) in [7, 11) is 0. The van der Waals surface area contributed by atoms with Crippen molar-refractivity contribution in [1.82, 2.24) is 5.32 Å². The summed E-state index contributed by atoms with van der Waals surface area (Å²) in [6.07, 6.45) is 0. The maximum atomic E-state index is 13.7. The Morgan fingerprint density at radius 1 is 1.00 bits per heavy atom. The standard InChI is InChI=1S/C32H32N4O3S/c1-5-39-27-14-10-9-13-24(27)30-25(18-33)32(40-19-28(37)36-26-16-15-20(2)17-21(26)3)34-22(4)29(30)31(38)35-23-11-7-6-8-12-23/h6-17,30,34H,5,19H2,1-4H3,(H,35,38)(H,36,37). The summed E-state index contributed by atoms with van der Waals surface area (Å²) in [6, 6.07) is 24.8. The van der Waals surface area contributed by atoms with Gasteiger partial charge in [0, 0.05) is 28.2 Å². The van der Waals surface area contributed by atoms with Gasteiger partial charge in [0.15, 0.2) is 0 Å². The van der Waals surface area contributed by atoms with E-state index in [0.717, 1.165) is 16.8 Å². The molecule has 3 N–H and O–H groups in total. The number of carbonyl (C=O) groups is 2. The smallest absolute Gasteiger partial charge is 0.254 e. The van der Waals surface area contributed by atoms with Gasteiger partial charge in [-0.1, -0.05) is 65.9 Å². The average Bonchev–Trinajstić information content (AvgIpc) is 2.94. The van der Waals surface area contributed by atoms with E-state index in [4.69, 9.17) is 4.74 Å². The molecule has 2 amide bonds. The van der Waals surface area contributed by atoms with E-state index in [2.05, 4.69) is 22.0 Å². The predicted molar refractivity (Wildman–Crippen MR) is 161 cm³/mol. The third kappa shape index (κ3) is 6.56. The van der Waals surface area contributed by atoms with Gasteiger partial charge in [-0.15, -0.1) is 0 Å². The first-order chi connectivity index (χ1) is 19.3. The zero-order valence-corrected chi connectivity index (χ0v) is 23.8. The maximum absolute atomic E-state index is 13.7. The number of carbonyl (C=O) groups excluding carboxylic acids is 2. The highest BCUT2D eigenvalue weighted by Crippen LogP contribution is 2.44. The van der Waals surface area contributed by atoms with Crippen molar-refractivity contribution in [3.05, 3.63) is 111 Å². The van der Waals surface area contributed by atoms with E-state index < -0.39 is 5.92 Å². The van der Waals surface area contributed by atoms with Crippen LogP contribution in [0.5, 0.6) is 5.75 Å². The summed E-state index contributed by atoms with van der Waals surface area (Å²) >= 11 is 1.23. The normalized spacial score (nSPS) is 14.7. The molecule has 204 valence electrons. The molecule has 1 aliphatic heterocycles. The van der Waals surface area contributed by atoms with Gasteiger partial charge in [0.25, 0.3) is 5.91 Å². The number of allylic oxidation sites excluding steroid dienone is 2. The third-order valence-electron chi connectivity index (χ3n) is 6.46. The summed E-state index contributed by atoms with van der Waals surface area (Å²) in [5, 5.41) is 20.1. The molecule has 1 unspecified atom stereocenters. The van der Waals surface area contributed by atoms with Crippen molar-refractivity contribution < 1.29 is 14.3 Å². The Hall–Kier alpha value is -4.48. The number of dihydropyridines is 1. The van der Waals surface area contributed by atoms with E-state index in [-0.39, 0.29) is 17.6 Å². The van der Waals surface area contributed by atoms with Crippen LogP contribution in [0.1, 0.15) is 36.5 Å². The van der Waals surface area contributed by atoms with Crippen molar-refractivity contribution in [2.24, 2.45) is 0 Å². The van der Waals surface area contributed by atoms with E-state index in [9.17, 15) is 14.9 Å². The monoisotopic (exact) mass is 552 g/mol. The van der Waals surface area contributed by atoms with Gasteiger partial charge in [-0.3, -0.25) is 9.59 Å². The molecule has 4 rings (SSSR count). The van der Waals surface area contributed by atoms with Gasteiger partial charge in [0.2, 0.25) is 5.91 Å². The zero-order valence-electron chi connectivity index (χ0n) is 23.0. The van der Waals surface area contributed by atoms with Gasteiger partial charge >= 0.3 is 0 Å². The van der Waals surface area contributed by atoms with Gasteiger partial charge in [-0.25, -0.2) is 0 Å². The molecule has 0 spiro atoms. The fourth-order valence-electron chi connectivity index (χ4n) is 4.64. The summed E-state index contributed by atoms with van der Waals surface area (Å²) in [5.41, 5.74) is 5.56. The number of nitrogens with one attached hydrogen (secondary N) is 3.